The summed E-state index contributed by atoms with van der Waals surface area (Å²) in [5.41, 5.74) is 2.15. The van der Waals surface area contributed by atoms with E-state index in [9.17, 15) is 21.6 Å². The van der Waals surface area contributed by atoms with Crippen molar-refractivity contribution in [2.45, 2.75) is 38.0 Å². The molecule has 1 fully saturated rings. The van der Waals surface area contributed by atoms with Crippen molar-refractivity contribution in [2.24, 2.45) is 5.92 Å². The lowest BCUT2D eigenvalue weighted by molar-refractivity contribution is -0.138. The minimum Gasteiger partial charge on any atom is -0.488 e. The van der Waals surface area contributed by atoms with Crippen LogP contribution in [0.5, 0.6) is 5.75 Å². The van der Waals surface area contributed by atoms with E-state index in [1.807, 2.05) is 17.0 Å². The molecule has 3 aliphatic rings. The fraction of sp³-hybridized carbons (Fsp3) is 0.522. The maximum absolute atomic E-state index is 12.7. The molecule has 2 aromatic rings. The van der Waals surface area contributed by atoms with Gasteiger partial charge in [-0.3, -0.25) is 4.98 Å². The zero-order valence-electron chi connectivity index (χ0n) is 19.2. The fourth-order valence-corrected chi connectivity index (χ4v) is 5.66. The smallest absolute Gasteiger partial charge is 0.419 e. The average Bonchev–Trinajstić information content (AvgIpc) is 3.27. The van der Waals surface area contributed by atoms with Gasteiger partial charge in [-0.2, -0.15) is 17.5 Å². The standard InChI is InChI=1S/C23H26F3N5O3S/c1-35(32,33)31-8-4-15(5-9-31)19-10-17-11-20(34-21(17)14-27-19)16-2-6-30(7-3-16)22-28-12-18(13-29-22)23(24,25)26/h4,10,12-14,16,20H,2-3,5-9,11H2,1H3/t20-/m1/s1. The number of fused-ring (bicyclic) bond motifs is 1. The number of sulfonamides is 1. The predicted molar refractivity (Wildman–Crippen MR) is 123 cm³/mol. The van der Waals surface area contributed by atoms with Crippen molar-refractivity contribution in [3.8, 4) is 5.75 Å². The summed E-state index contributed by atoms with van der Waals surface area (Å²) in [6, 6.07) is 2.04. The number of hydrogen-bond donors (Lipinski definition) is 0. The van der Waals surface area contributed by atoms with E-state index in [0.29, 0.717) is 44.5 Å². The van der Waals surface area contributed by atoms with Crippen molar-refractivity contribution < 1.29 is 26.3 Å². The van der Waals surface area contributed by atoms with Gasteiger partial charge in [0.15, 0.2) is 0 Å². The van der Waals surface area contributed by atoms with Crippen LogP contribution in [0.4, 0.5) is 19.1 Å². The first-order chi connectivity index (χ1) is 16.6. The molecule has 0 aliphatic carbocycles. The summed E-state index contributed by atoms with van der Waals surface area (Å²) in [5, 5.41) is 0. The van der Waals surface area contributed by atoms with Crippen LogP contribution in [0.1, 0.15) is 36.1 Å². The Balaban J connectivity index is 1.18. The molecule has 3 aliphatic heterocycles. The Hall–Kier alpha value is -2.73. The SMILES string of the molecule is CS(=O)(=O)N1CC=C(c2cc3c(cn2)O[C@@H](C2CCN(c4ncc(C(F)(F)F)cn4)CC2)C3)CC1. The topological polar surface area (TPSA) is 88.5 Å². The Morgan fingerprint density at radius 1 is 1.06 bits per heavy atom. The van der Waals surface area contributed by atoms with Crippen molar-refractivity contribution >= 4 is 21.5 Å². The zero-order valence-corrected chi connectivity index (χ0v) is 20.0. The van der Waals surface area contributed by atoms with Gasteiger partial charge >= 0.3 is 6.18 Å². The number of alkyl halides is 3. The molecule has 188 valence electrons. The van der Waals surface area contributed by atoms with Crippen LogP contribution in [0.3, 0.4) is 0 Å². The number of anilines is 1. The van der Waals surface area contributed by atoms with E-state index in [0.717, 1.165) is 54.2 Å². The van der Waals surface area contributed by atoms with Gasteiger partial charge in [-0.25, -0.2) is 18.4 Å². The summed E-state index contributed by atoms with van der Waals surface area (Å²) in [6.45, 7) is 2.11. The van der Waals surface area contributed by atoms with E-state index in [1.54, 1.807) is 6.20 Å². The second-order valence-electron chi connectivity index (χ2n) is 9.23. The second-order valence-corrected chi connectivity index (χ2v) is 11.2. The van der Waals surface area contributed by atoms with Gasteiger partial charge < -0.3 is 9.64 Å². The first kappa shape index (κ1) is 24.0. The van der Waals surface area contributed by atoms with Gasteiger partial charge in [0.25, 0.3) is 0 Å². The Morgan fingerprint density at radius 3 is 2.37 bits per heavy atom. The number of nitrogens with zero attached hydrogens (tertiary/aromatic N) is 5. The third kappa shape index (κ3) is 5.13. The first-order valence-electron chi connectivity index (χ1n) is 11.5. The summed E-state index contributed by atoms with van der Waals surface area (Å²) in [4.78, 5) is 14.3. The van der Waals surface area contributed by atoms with Crippen LogP contribution in [0, 0.1) is 5.92 Å². The highest BCUT2D eigenvalue weighted by molar-refractivity contribution is 7.88. The van der Waals surface area contributed by atoms with E-state index in [-0.39, 0.29) is 6.10 Å². The summed E-state index contributed by atoms with van der Waals surface area (Å²) in [6.07, 6.45) is 5.18. The highest BCUT2D eigenvalue weighted by Crippen LogP contribution is 2.37. The minimum atomic E-state index is -4.45. The van der Waals surface area contributed by atoms with E-state index < -0.39 is 21.8 Å². The Kier molecular flexibility index (Phi) is 6.20. The summed E-state index contributed by atoms with van der Waals surface area (Å²) in [7, 11) is -3.20. The minimum absolute atomic E-state index is 0.0267. The number of pyridine rings is 1. The van der Waals surface area contributed by atoms with Crippen molar-refractivity contribution in [1.29, 1.82) is 0 Å². The number of ether oxygens (including phenoxy) is 1. The molecular weight excluding hydrogens is 483 g/mol. The first-order valence-corrected chi connectivity index (χ1v) is 13.4. The van der Waals surface area contributed by atoms with Crippen LogP contribution < -0.4 is 9.64 Å². The fourth-order valence-electron chi connectivity index (χ4n) is 4.90. The molecule has 0 saturated carbocycles. The van der Waals surface area contributed by atoms with Crippen LogP contribution in [0.15, 0.2) is 30.7 Å². The molecule has 0 radical (unpaired) electrons. The lowest BCUT2D eigenvalue weighted by Crippen LogP contribution is -2.40. The molecule has 0 N–H and O–H groups in total. The van der Waals surface area contributed by atoms with Gasteiger partial charge in [0.05, 0.1) is 23.7 Å². The number of halogens is 3. The summed E-state index contributed by atoms with van der Waals surface area (Å²) < 4.78 is 69.4. The molecule has 0 bridgehead atoms. The number of hydrogen-bond acceptors (Lipinski definition) is 7. The molecule has 1 atom stereocenters. The molecule has 5 heterocycles. The summed E-state index contributed by atoms with van der Waals surface area (Å²) >= 11 is 0. The van der Waals surface area contributed by atoms with Crippen LogP contribution >= 0.6 is 0 Å². The quantitative estimate of drug-likeness (QED) is 0.626. The predicted octanol–water partition coefficient (Wildman–Crippen LogP) is 3.16. The number of aromatic nitrogens is 3. The molecular formula is C23H26F3N5O3S. The Morgan fingerprint density at radius 2 is 1.77 bits per heavy atom. The normalized spacial score (nSPS) is 22.0. The molecule has 0 spiro atoms. The van der Waals surface area contributed by atoms with E-state index in [4.69, 9.17) is 4.74 Å². The van der Waals surface area contributed by atoms with Gasteiger partial charge in [0.2, 0.25) is 16.0 Å². The Labute approximate surface area is 201 Å². The monoisotopic (exact) mass is 509 g/mol. The molecule has 5 rings (SSSR count). The lowest BCUT2D eigenvalue weighted by atomic mass is 9.89. The van der Waals surface area contributed by atoms with Crippen LogP contribution in [-0.2, 0) is 22.6 Å². The third-order valence-corrected chi connectivity index (χ3v) is 8.20. The van der Waals surface area contributed by atoms with Crippen molar-refractivity contribution in [1.82, 2.24) is 19.3 Å². The number of piperidine rings is 1. The molecule has 0 aromatic carbocycles. The molecule has 2 aromatic heterocycles. The van der Waals surface area contributed by atoms with E-state index >= 15 is 0 Å². The van der Waals surface area contributed by atoms with Crippen LogP contribution in [0.2, 0.25) is 0 Å². The highest BCUT2D eigenvalue weighted by atomic mass is 32.2. The van der Waals surface area contributed by atoms with Gasteiger partial charge in [-0.15, -0.1) is 0 Å². The van der Waals surface area contributed by atoms with Crippen LogP contribution in [-0.4, -0.2) is 66.2 Å². The van der Waals surface area contributed by atoms with E-state index in [2.05, 4.69) is 15.0 Å². The van der Waals surface area contributed by atoms with E-state index in [1.165, 1.54) is 10.6 Å². The summed E-state index contributed by atoms with van der Waals surface area (Å²) in [5.74, 6) is 1.41. The average molecular weight is 510 g/mol. The molecule has 12 heteroatoms. The van der Waals surface area contributed by atoms with Gasteiger partial charge in [0, 0.05) is 50.6 Å². The van der Waals surface area contributed by atoms with Gasteiger partial charge in [-0.1, -0.05) is 6.08 Å². The maximum atomic E-state index is 12.7. The lowest BCUT2D eigenvalue weighted by Gasteiger charge is -2.34. The second kappa shape index (κ2) is 9.05. The molecule has 8 nitrogen and oxygen atoms in total. The Bertz CT molecular complexity index is 1230. The third-order valence-electron chi connectivity index (χ3n) is 6.93. The molecule has 1 saturated heterocycles. The van der Waals surface area contributed by atoms with Gasteiger partial charge in [0.1, 0.15) is 11.9 Å². The zero-order chi connectivity index (χ0) is 24.8. The van der Waals surface area contributed by atoms with Gasteiger partial charge in [-0.05, 0) is 36.8 Å². The van der Waals surface area contributed by atoms with Crippen LogP contribution in [0.25, 0.3) is 5.57 Å². The number of rotatable bonds is 4. The highest BCUT2D eigenvalue weighted by Gasteiger charge is 2.35. The van der Waals surface area contributed by atoms with Crippen molar-refractivity contribution in [2.75, 3.05) is 37.3 Å². The molecule has 0 unspecified atom stereocenters. The molecule has 0 amide bonds. The van der Waals surface area contributed by atoms with Crippen molar-refractivity contribution in [3.05, 3.63) is 47.6 Å². The maximum Gasteiger partial charge on any atom is 0.419 e. The van der Waals surface area contributed by atoms with Crippen molar-refractivity contribution in [3.63, 3.8) is 0 Å². The largest absolute Gasteiger partial charge is 0.488 e. The molecule has 35 heavy (non-hydrogen) atoms.